The fraction of sp³-hybridized carbons (Fsp3) is 0.806. The van der Waals surface area contributed by atoms with Crippen molar-refractivity contribution in [3.8, 4) is 0 Å². The summed E-state index contributed by atoms with van der Waals surface area (Å²) in [6.07, 6.45) is -20.0. The van der Waals surface area contributed by atoms with E-state index in [4.69, 9.17) is 45.6 Å². The molecule has 1 aliphatic carbocycles. The Morgan fingerprint density at radius 1 is 0.630 bits per heavy atom. The highest BCUT2D eigenvalue weighted by molar-refractivity contribution is 5.74. The molecule has 0 aromatic rings. The van der Waals surface area contributed by atoms with Crippen molar-refractivity contribution in [3.63, 3.8) is 0 Å². The molecule has 4 aliphatic rings. The van der Waals surface area contributed by atoms with Gasteiger partial charge >= 0.3 is 12.1 Å². The number of hydrogen-bond acceptors (Lipinski definition) is 19. The summed E-state index contributed by atoms with van der Waals surface area (Å²) in [6, 6.07) is -6.20. The summed E-state index contributed by atoms with van der Waals surface area (Å²) in [4.78, 5) is 24.8. The van der Waals surface area contributed by atoms with E-state index in [1.807, 2.05) is 0 Å². The van der Waals surface area contributed by atoms with Crippen molar-refractivity contribution in [3.05, 3.63) is 25.3 Å². The Morgan fingerprint density at radius 3 is 1.81 bits per heavy atom. The third-order valence-electron chi connectivity index (χ3n) is 9.61. The zero-order valence-electron chi connectivity index (χ0n) is 29.4. The fourth-order valence-electron chi connectivity index (χ4n) is 6.59. The van der Waals surface area contributed by atoms with Crippen molar-refractivity contribution in [1.82, 2.24) is 21.3 Å². The van der Waals surface area contributed by atoms with E-state index in [9.17, 15) is 50.4 Å². The summed E-state index contributed by atoms with van der Waals surface area (Å²) in [7, 11) is 0. The lowest BCUT2D eigenvalue weighted by Crippen LogP contribution is -2.68. The first kappa shape index (κ1) is 44.1. The number of nitrogens with two attached hydrogens (primary N) is 3. The molecule has 4 amide bonds. The van der Waals surface area contributed by atoms with E-state index in [1.54, 1.807) is 0 Å². The molecule has 310 valence electrons. The normalized spacial score (nSPS) is 43.9. The summed E-state index contributed by atoms with van der Waals surface area (Å²) < 4.78 is 35.3. The van der Waals surface area contributed by atoms with Crippen molar-refractivity contribution in [2.24, 2.45) is 17.2 Å². The molecule has 0 spiro atoms. The Bertz CT molecular complexity index is 1240. The van der Waals surface area contributed by atoms with E-state index in [2.05, 4.69) is 34.4 Å². The highest BCUT2D eigenvalue weighted by Crippen LogP contribution is 2.34. The zero-order valence-corrected chi connectivity index (χ0v) is 29.4. The van der Waals surface area contributed by atoms with Crippen molar-refractivity contribution in [1.29, 1.82) is 0 Å². The van der Waals surface area contributed by atoms with Gasteiger partial charge in [0, 0.05) is 31.7 Å². The van der Waals surface area contributed by atoms with Crippen LogP contribution in [0.3, 0.4) is 0 Å². The average Bonchev–Trinajstić information content (AvgIpc) is 3.45. The lowest BCUT2D eigenvalue weighted by Gasteiger charge is -2.47. The van der Waals surface area contributed by atoms with Crippen LogP contribution >= 0.6 is 0 Å². The highest BCUT2D eigenvalue weighted by atomic mass is 16.8. The summed E-state index contributed by atoms with van der Waals surface area (Å²) in [5.74, 6) is 0. The second kappa shape index (κ2) is 20.0. The number of hydrogen-bond donors (Lipinski definition) is 15. The smallest absolute Gasteiger partial charge is 0.315 e. The van der Waals surface area contributed by atoms with Crippen LogP contribution in [-0.2, 0) is 28.4 Å². The standard InChI is InChI=1S/C31H55N7O16/c1-3-5-35-30(47)37-8-13-19(42)22(45)17(38-31(48)36-6-4-2)28(49-13)53-25-15(10-40)51-29(23(25)46)54-26-18(41)11(32)7-12(33)24(26)52-27-16(34)21(44)20(43)14(9-39)50-27/h3-4,11-29,39-46H,1-2,5-10,32-34H2,(H2,35,37,47)(H2,36,38,48)/t11-,12+,13+,14-,15-,16-,17-,18+,19-,20-,21-,22-,23-,24-,25-,26-,27-,28-,29+/m1/s1. The lowest BCUT2D eigenvalue weighted by atomic mass is 9.84. The molecule has 18 N–H and O–H groups in total. The first-order valence-electron chi connectivity index (χ1n) is 17.4. The maximum atomic E-state index is 12.6. The highest BCUT2D eigenvalue weighted by Gasteiger charge is 2.55. The van der Waals surface area contributed by atoms with Crippen molar-refractivity contribution in [2.75, 3.05) is 32.8 Å². The number of nitrogens with one attached hydrogen (secondary N) is 4. The molecular formula is C31H55N7O16. The van der Waals surface area contributed by atoms with E-state index < -0.39 is 142 Å². The van der Waals surface area contributed by atoms with E-state index in [-0.39, 0.29) is 26.1 Å². The molecule has 4 fully saturated rings. The van der Waals surface area contributed by atoms with Gasteiger partial charge in [-0.05, 0) is 6.42 Å². The van der Waals surface area contributed by atoms with Gasteiger partial charge in [-0.2, -0.15) is 0 Å². The molecule has 54 heavy (non-hydrogen) atoms. The van der Waals surface area contributed by atoms with Gasteiger partial charge in [-0.1, -0.05) is 12.2 Å². The second-order valence-electron chi connectivity index (χ2n) is 13.4. The van der Waals surface area contributed by atoms with Crippen LogP contribution in [0, 0.1) is 0 Å². The summed E-state index contributed by atoms with van der Waals surface area (Å²) in [6.45, 7) is 5.36. The van der Waals surface area contributed by atoms with Crippen molar-refractivity contribution >= 4 is 12.1 Å². The van der Waals surface area contributed by atoms with Crippen LogP contribution in [0.4, 0.5) is 9.59 Å². The van der Waals surface area contributed by atoms with Crippen LogP contribution in [0.25, 0.3) is 0 Å². The molecule has 0 aromatic carbocycles. The third kappa shape index (κ3) is 10.2. The molecule has 4 rings (SSSR count). The number of carbonyl (C=O) groups excluding carboxylic acids is 2. The number of amides is 4. The first-order valence-corrected chi connectivity index (χ1v) is 17.4. The van der Waals surface area contributed by atoms with E-state index in [0.717, 1.165) is 0 Å². The molecule has 19 atom stereocenters. The molecule has 23 heteroatoms. The van der Waals surface area contributed by atoms with E-state index in [1.165, 1.54) is 12.2 Å². The van der Waals surface area contributed by atoms with Gasteiger partial charge in [-0.3, -0.25) is 0 Å². The number of rotatable bonds is 15. The minimum absolute atomic E-state index is 0.00916. The van der Waals surface area contributed by atoms with Crippen LogP contribution in [0.2, 0.25) is 0 Å². The fourth-order valence-corrected chi connectivity index (χ4v) is 6.59. The minimum Gasteiger partial charge on any atom is -0.394 e. The maximum absolute atomic E-state index is 12.6. The van der Waals surface area contributed by atoms with Crippen LogP contribution in [-0.4, -0.2) is 202 Å². The molecule has 3 heterocycles. The summed E-state index contributed by atoms with van der Waals surface area (Å²) in [5.41, 5.74) is 18.5. The number of ether oxygens (including phenoxy) is 6. The zero-order chi connectivity index (χ0) is 39.9. The Balaban J connectivity index is 1.54. The van der Waals surface area contributed by atoms with Gasteiger partial charge in [0.25, 0.3) is 0 Å². The molecule has 3 saturated heterocycles. The van der Waals surface area contributed by atoms with E-state index in [0.29, 0.717) is 0 Å². The van der Waals surface area contributed by atoms with Gasteiger partial charge < -0.3 is 108 Å². The molecule has 0 radical (unpaired) electrons. The number of aliphatic hydroxyl groups is 8. The van der Waals surface area contributed by atoms with Gasteiger partial charge in [-0.15, -0.1) is 13.2 Å². The molecule has 1 saturated carbocycles. The third-order valence-corrected chi connectivity index (χ3v) is 9.61. The number of aliphatic hydroxyl groups excluding tert-OH is 8. The average molecular weight is 782 g/mol. The Hall–Kier alpha value is -2.66. The van der Waals surface area contributed by atoms with Gasteiger partial charge in [-0.25, -0.2) is 9.59 Å². The van der Waals surface area contributed by atoms with Crippen LogP contribution in [0.5, 0.6) is 0 Å². The van der Waals surface area contributed by atoms with Gasteiger partial charge in [0.15, 0.2) is 18.9 Å². The lowest BCUT2D eigenvalue weighted by molar-refractivity contribution is -0.310. The Labute approximate surface area is 310 Å². The molecule has 0 unspecified atom stereocenters. The minimum atomic E-state index is -1.78. The van der Waals surface area contributed by atoms with Crippen LogP contribution < -0.4 is 38.5 Å². The monoisotopic (exact) mass is 781 g/mol. The topological polar surface area (TPSA) is 378 Å². The van der Waals surface area contributed by atoms with Crippen molar-refractivity contribution < 1.29 is 78.9 Å². The van der Waals surface area contributed by atoms with Crippen LogP contribution in [0.1, 0.15) is 6.42 Å². The number of urea groups is 2. The number of carbonyl (C=O) groups is 2. The molecule has 3 aliphatic heterocycles. The predicted molar refractivity (Wildman–Crippen MR) is 181 cm³/mol. The SMILES string of the molecule is C=CCNC(=O)NC[C@@H]1O[C@H](O[C@H]2[C@@H](O)[C@H](O[C@@H]3[C@@H](O)[C@H](N)C[C@H](N)[C@H]3O[C@H]3O[C@H](CO)[C@@H](O)[C@H](O)[C@H]3N)O[C@@H]2CO)[C@H](NC(=O)NCC=C)[C@@H](O)[C@@H]1O. The predicted octanol–water partition coefficient (Wildman–Crippen LogP) is -7.81. The molecule has 0 bridgehead atoms. The van der Waals surface area contributed by atoms with Gasteiger partial charge in [0.1, 0.15) is 73.2 Å². The Morgan fingerprint density at radius 2 is 1.19 bits per heavy atom. The molecular weight excluding hydrogens is 726 g/mol. The largest absolute Gasteiger partial charge is 0.394 e. The van der Waals surface area contributed by atoms with Gasteiger partial charge in [0.05, 0.1) is 25.4 Å². The summed E-state index contributed by atoms with van der Waals surface area (Å²) in [5, 5.41) is 94.9. The van der Waals surface area contributed by atoms with Gasteiger partial charge in [0.2, 0.25) is 0 Å². The Kier molecular flexibility index (Phi) is 16.3. The second-order valence-corrected chi connectivity index (χ2v) is 13.4. The first-order chi connectivity index (χ1) is 25.7. The van der Waals surface area contributed by atoms with E-state index >= 15 is 0 Å². The van der Waals surface area contributed by atoms with Crippen molar-refractivity contribution in [2.45, 2.75) is 123 Å². The van der Waals surface area contributed by atoms with Crippen LogP contribution in [0.15, 0.2) is 25.3 Å². The quantitative estimate of drug-likeness (QED) is 0.0686. The molecule has 23 nitrogen and oxygen atoms in total. The summed E-state index contributed by atoms with van der Waals surface area (Å²) >= 11 is 0. The molecule has 0 aromatic heterocycles. The maximum Gasteiger partial charge on any atom is 0.315 e.